The van der Waals surface area contributed by atoms with Gasteiger partial charge in [-0.25, -0.2) is 0 Å². The van der Waals surface area contributed by atoms with Crippen molar-refractivity contribution >= 4 is 0 Å². The second-order valence-corrected chi connectivity index (χ2v) is 6.01. The molecule has 0 fully saturated rings. The van der Waals surface area contributed by atoms with Crippen molar-refractivity contribution in [2.75, 3.05) is 6.61 Å². The van der Waals surface area contributed by atoms with Gasteiger partial charge >= 0.3 is 0 Å². The van der Waals surface area contributed by atoms with Gasteiger partial charge in [0.25, 0.3) is 0 Å². The second kappa shape index (κ2) is 6.56. The van der Waals surface area contributed by atoms with E-state index in [1.165, 1.54) is 36.8 Å². The van der Waals surface area contributed by atoms with Crippen LogP contribution in [-0.2, 0) is 12.8 Å². The van der Waals surface area contributed by atoms with Crippen LogP contribution in [0.3, 0.4) is 0 Å². The quantitative estimate of drug-likeness (QED) is 0.804. The lowest BCUT2D eigenvalue weighted by molar-refractivity contribution is 0.254. The second-order valence-electron chi connectivity index (χ2n) is 6.01. The highest BCUT2D eigenvalue weighted by Crippen LogP contribution is 2.45. The first-order valence-corrected chi connectivity index (χ1v) is 7.94. The van der Waals surface area contributed by atoms with Gasteiger partial charge in [-0.3, -0.25) is 0 Å². The summed E-state index contributed by atoms with van der Waals surface area (Å²) >= 11 is 0. The molecule has 0 heterocycles. The Bertz CT molecular complexity index is 422. The zero-order chi connectivity index (χ0) is 13.8. The smallest absolute Gasteiger partial charge is 0.0436 e. The molecule has 1 N–H and O–H groups in total. The molecule has 2 atom stereocenters. The highest BCUT2D eigenvalue weighted by atomic mass is 16.3. The van der Waals surface area contributed by atoms with E-state index in [1.807, 2.05) is 0 Å². The molecule has 0 aromatic heterocycles. The van der Waals surface area contributed by atoms with E-state index in [2.05, 4.69) is 32.9 Å². The van der Waals surface area contributed by atoms with Crippen LogP contribution in [0.4, 0.5) is 0 Å². The van der Waals surface area contributed by atoms with E-state index in [4.69, 9.17) is 0 Å². The maximum Gasteiger partial charge on any atom is 0.0436 e. The van der Waals surface area contributed by atoms with Crippen LogP contribution in [-0.4, -0.2) is 11.7 Å². The van der Waals surface area contributed by atoms with Crippen LogP contribution in [0.1, 0.15) is 67.7 Å². The number of fused-ring (bicyclic) bond motifs is 1. The van der Waals surface area contributed by atoms with Gasteiger partial charge in [0.05, 0.1) is 0 Å². The van der Waals surface area contributed by atoms with Gasteiger partial charge in [0.1, 0.15) is 0 Å². The monoisotopic (exact) mass is 260 g/mol. The van der Waals surface area contributed by atoms with Gasteiger partial charge < -0.3 is 5.11 Å². The van der Waals surface area contributed by atoms with E-state index < -0.39 is 0 Å². The number of rotatable bonds is 6. The number of unbranched alkanes of at least 4 members (excludes halogenated alkanes) is 1. The van der Waals surface area contributed by atoms with Gasteiger partial charge in [-0.1, -0.05) is 38.8 Å². The third-order valence-electron chi connectivity index (χ3n) is 4.83. The molecule has 0 amide bonds. The predicted molar refractivity (Wildman–Crippen MR) is 81.7 cm³/mol. The summed E-state index contributed by atoms with van der Waals surface area (Å²) in [6.45, 7) is 7.09. The van der Waals surface area contributed by atoms with Crippen molar-refractivity contribution in [3.05, 3.63) is 34.4 Å². The summed E-state index contributed by atoms with van der Waals surface area (Å²) in [6.07, 6.45) is 7.23. The molecule has 0 saturated carbocycles. The number of hydrogen-bond donors (Lipinski definition) is 1. The fourth-order valence-electron chi connectivity index (χ4n) is 3.84. The summed E-state index contributed by atoms with van der Waals surface area (Å²) in [5, 5.41) is 9.41. The Kier molecular flexibility index (Phi) is 5.04. The molecule has 0 bridgehead atoms. The first kappa shape index (κ1) is 14.6. The van der Waals surface area contributed by atoms with Crippen LogP contribution in [0.25, 0.3) is 0 Å². The van der Waals surface area contributed by atoms with Gasteiger partial charge in [0, 0.05) is 6.61 Å². The molecule has 1 aliphatic rings. The lowest BCUT2D eigenvalue weighted by atomic mass is 9.85. The summed E-state index contributed by atoms with van der Waals surface area (Å²) in [5.41, 5.74) is 6.16. The van der Waals surface area contributed by atoms with Crippen LogP contribution in [0.15, 0.2) is 12.1 Å². The summed E-state index contributed by atoms with van der Waals surface area (Å²) in [4.78, 5) is 0. The van der Waals surface area contributed by atoms with Crippen molar-refractivity contribution in [2.45, 2.75) is 65.2 Å². The van der Waals surface area contributed by atoms with Crippen molar-refractivity contribution in [1.29, 1.82) is 0 Å². The average molecular weight is 260 g/mol. The molecule has 1 aliphatic carbocycles. The number of aliphatic hydroxyl groups excluding tert-OH is 1. The van der Waals surface area contributed by atoms with Crippen molar-refractivity contribution in [2.24, 2.45) is 5.92 Å². The Morgan fingerprint density at radius 3 is 2.63 bits per heavy atom. The molecule has 1 aromatic carbocycles. The fraction of sp³-hybridized carbons (Fsp3) is 0.667. The molecule has 1 nitrogen and oxygen atoms in total. The molecular weight excluding hydrogens is 232 g/mol. The summed E-state index contributed by atoms with van der Waals surface area (Å²) in [6, 6.07) is 4.59. The van der Waals surface area contributed by atoms with Crippen LogP contribution < -0.4 is 0 Å². The van der Waals surface area contributed by atoms with Gasteiger partial charge in [-0.2, -0.15) is 0 Å². The van der Waals surface area contributed by atoms with Crippen LogP contribution in [0.5, 0.6) is 0 Å². The highest BCUT2D eigenvalue weighted by molar-refractivity contribution is 5.47. The zero-order valence-electron chi connectivity index (χ0n) is 12.7. The Hall–Kier alpha value is -0.820. The van der Waals surface area contributed by atoms with Crippen LogP contribution in [0.2, 0.25) is 0 Å². The first-order valence-electron chi connectivity index (χ1n) is 7.94. The van der Waals surface area contributed by atoms with E-state index >= 15 is 0 Å². The third kappa shape index (κ3) is 2.86. The Morgan fingerprint density at radius 1 is 1.21 bits per heavy atom. The molecule has 0 saturated heterocycles. The van der Waals surface area contributed by atoms with Crippen molar-refractivity contribution in [3.63, 3.8) is 0 Å². The largest absolute Gasteiger partial charge is 0.396 e. The molecule has 106 valence electrons. The number of aryl methyl sites for hydroxylation is 2. The summed E-state index contributed by atoms with van der Waals surface area (Å²) < 4.78 is 0. The van der Waals surface area contributed by atoms with Crippen molar-refractivity contribution in [3.8, 4) is 0 Å². The molecule has 1 heteroatoms. The molecule has 1 aromatic rings. The van der Waals surface area contributed by atoms with E-state index in [0.29, 0.717) is 12.5 Å². The minimum absolute atomic E-state index is 0.322. The average Bonchev–Trinajstić information content (AvgIpc) is 2.77. The predicted octanol–water partition coefficient (Wildman–Crippen LogP) is 4.39. The fourth-order valence-corrected chi connectivity index (χ4v) is 3.84. The summed E-state index contributed by atoms with van der Waals surface area (Å²) in [5.74, 6) is 1.35. The Labute approximate surface area is 118 Å². The van der Waals surface area contributed by atoms with E-state index in [-0.39, 0.29) is 0 Å². The van der Waals surface area contributed by atoms with Crippen molar-refractivity contribution in [1.82, 2.24) is 0 Å². The Morgan fingerprint density at radius 2 is 2.00 bits per heavy atom. The number of aliphatic hydroxyl groups is 1. The molecule has 0 aliphatic heterocycles. The van der Waals surface area contributed by atoms with Crippen LogP contribution in [0, 0.1) is 12.8 Å². The Balaban J connectivity index is 2.33. The van der Waals surface area contributed by atoms with Crippen molar-refractivity contribution < 1.29 is 5.11 Å². The zero-order valence-corrected chi connectivity index (χ0v) is 12.7. The minimum Gasteiger partial charge on any atom is -0.396 e. The van der Waals surface area contributed by atoms with E-state index in [9.17, 15) is 5.11 Å². The molecule has 2 unspecified atom stereocenters. The molecule has 2 rings (SSSR count). The number of benzene rings is 1. The first-order chi connectivity index (χ1) is 9.22. The van der Waals surface area contributed by atoms with Gasteiger partial charge in [-0.05, 0) is 66.7 Å². The highest BCUT2D eigenvalue weighted by Gasteiger charge is 2.33. The standard InChI is InChI=1S/C18H28O/c1-4-6-7-15-12-17-14(5-2)9-8-13(3)18(17)16(15)10-11-19/h8-9,15-16,19H,4-7,10-12H2,1-3H3. The maximum atomic E-state index is 9.41. The molecule has 0 radical (unpaired) electrons. The van der Waals surface area contributed by atoms with E-state index in [1.54, 1.807) is 11.1 Å². The van der Waals surface area contributed by atoms with E-state index in [0.717, 1.165) is 18.8 Å². The minimum atomic E-state index is 0.322. The normalized spacial score (nSPS) is 21.7. The maximum absolute atomic E-state index is 9.41. The van der Waals surface area contributed by atoms with Gasteiger partial charge in [-0.15, -0.1) is 0 Å². The molecule has 19 heavy (non-hydrogen) atoms. The van der Waals surface area contributed by atoms with Gasteiger partial charge in [0.15, 0.2) is 0 Å². The lowest BCUT2D eigenvalue weighted by Gasteiger charge is -2.20. The summed E-state index contributed by atoms with van der Waals surface area (Å²) in [7, 11) is 0. The SMILES string of the molecule is CCCCC1Cc2c(CC)ccc(C)c2C1CCO. The van der Waals surface area contributed by atoms with Gasteiger partial charge in [0.2, 0.25) is 0 Å². The topological polar surface area (TPSA) is 20.2 Å². The lowest BCUT2D eigenvalue weighted by Crippen LogP contribution is -2.10. The molecular formula is C18H28O. The number of hydrogen-bond acceptors (Lipinski definition) is 1. The third-order valence-corrected chi connectivity index (χ3v) is 4.83. The molecule has 0 spiro atoms. The van der Waals surface area contributed by atoms with Crippen LogP contribution >= 0.6 is 0 Å².